The Kier molecular flexibility index (Phi) is 5.33. The van der Waals surface area contributed by atoms with Crippen molar-refractivity contribution >= 4 is 11.8 Å². The standard InChI is InChI=1S/C18H28N2O2/c1-5-13-7-6-8-14(11-13)19-15-9-10-16(12-15)20-17(21)22-18(2,3)4/h6-8,11,15-16,19H,5,9-10,12H2,1-4H3,(H,20,21). The predicted molar refractivity (Wildman–Crippen MR) is 90.2 cm³/mol. The van der Waals surface area contributed by atoms with Gasteiger partial charge < -0.3 is 15.4 Å². The zero-order valence-electron chi connectivity index (χ0n) is 14.1. The molecule has 1 aliphatic rings. The molecule has 0 bridgehead atoms. The second-order valence-corrected chi connectivity index (χ2v) is 7.05. The van der Waals surface area contributed by atoms with E-state index in [1.54, 1.807) is 0 Å². The SMILES string of the molecule is CCc1cccc(NC2CCC(NC(=O)OC(C)(C)C)C2)c1. The Morgan fingerprint density at radius 2 is 2.00 bits per heavy atom. The van der Waals surface area contributed by atoms with Crippen LogP contribution in [0.3, 0.4) is 0 Å². The Hall–Kier alpha value is -1.71. The lowest BCUT2D eigenvalue weighted by atomic mass is 10.1. The first-order valence-electron chi connectivity index (χ1n) is 8.20. The number of alkyl carbamates (subject to hydrolysis) is 1. The van der Waals surface area contributed by atoms with Gasteiger partial charge >= 0.3 is 6.09 Å². The molecule has 4 heteroatoms. The minimum atomic E-state index is -0.444. The molecule has 0 saturated heterocycles. The molecule has 0 radical (unpaired) electrons. The van der Waals surface area contributed by atoms with Gasteiger partial charge in [-0.15, -0.1) is 0 Å². The van der Waals surface area contributed by atoms with E-state index in [4.69, 9.17) is 4.74 Å². The highest BCUT2D eigenvalue weighted by molar-refractivity contribution is 5.68. The van der Waals surface area contributed by atoms with E-state index in [1.807, 2.05) is 20.8 Å². The lowest BCUT2D eigenvalue weighted by Crippen LogP contribution is -2.38. The molecule has 1 fully saturated rings. The monoisotopic (exact) mass is 304 g/mol. The summed E-state index contributed by atoms with van der Waals surface area (Å²) in [4.78, 5) is 11.8. The maximum Gasteiger partial charge on any atom is 0.407 e. The summed E-state index contributed by atoms with van der Waals surface area (Å²) in [6, 6.07) is 9.15. The van der Waals surface area contributed by atoms with Gasteiger partial charge in [0.1, 0.15) is 5.60 Å². The number of hydrogen-bond acceptors (Lipinski definition) is 3. The summed E-state index contributed by atoms with van der Waals surface area (Å²) in [6.07, 6.45) is 3.73. The predicted octanol–water partition coefficient (Wildman–Crippen LogP) is 4.11. The first kappa shape index (κ1) is 16.7. The molecule has 0 heterocycles. The summed E-state index contributed by atoms with van der Waals surface area (Å²) in [7, 11) is 0. The maximum absolute atomic E-state index is 11.8. The summed E-state index contributed by atoms with van der Waals surface area (Å²) in [6.45, 7) is 7.81. The van der Waals surface area contributed by atoms with E-state index in [9.17, 15) is 4.79 Å². The van der Waals surface area contributed by atoms with Crippen LogP contribution >= 0.6 is 0 Å². The van der Waals surface area contributed by atoms with Crippen LogP contribution in [0.4, 0.5) is 10.5 Å². The van der Waals surface area contributed by atoms with E-state index >= 15 is 0 Å². The van der Waals surface area contributed by atoms with Crippen LogP contribution in [0, 0.1) is 0 Å². The van der Waals surface area contributed by atoms with Gasteiger partial charge in [0.05, 0.1) is 0 Å². The summed E-state index contributed by atoms with van der Waals surface area (Å²) in [5.74, 6) is 0. The smallest absolute Gasteiger partial charge is 0.407 e. The van der Waals surface area contributed by atoms with Crippen molar-refractivity contribution in [3.05, 3.63) is 29.8 Å². The molecular formula is C18H28N2O2. The molecule has 0 spiro atoms. The van der Waals surface area contributed by atoms with Crippen molar-refractivity contribution in [2.75, 3.05) is 5.32 Å². The van der Waals surface area contributed by atoms with Gasteiger partial charge in [0, 0.05) is 17.8 Å². The topological polar surface area (TPSA) is 50.4 Å². The number of amides is 1. The molecule has 0 aliphatic heterocycles. The van der Waals surface area contributed by atoms with E-state index in [0.29, 0.717) is 6.04 Å². The summed E-state index contributed by atoms with van der Waals surface area (Å²) >= 11 is 0. The first-order chi connectivity index (χ1) is 10.4. The molecule has 2 rings (SSSR count). The Labute approximate surface area is 133 Å². The molecule has 4 nitrogen and oxygen atoms in total. The number of ether oxygens (including phenoxy) is 1. The number of rotatable bonds is 4. The van der Waals surface area contributed by atoms with Gasteiger partial charge in [0.2, 0.25) is 0 Å². The molecule has 2 unspecified atom stereocenters. The van der Waals surface area contributed by atoms with Crippen LogP contribution in [0.15, 0.2) is 24.3 Å². The first-order valence-corrected chi connectivity index (χ1v) is 8.20. The highest BCUT2D eigenvalue weighted by atomic mass is 16.6. The fraction of sp³-hybridized carbons (Fsp3) is 0.611. The van der Waals surface area contributed by atoms with Crippen molar-refractivity contribution in [1.82, 2.24) is 5.32 Å². The number of nitrogens with one attached hydrogen (secondary N) is 2. The molecule has 1 aromatic rings. The normalized spacial score (nSPS) is 21.5. The highest BCUT2D eigenvalue weighted by Gasteiger charge is 2.27. The largest absolute Gasteiger partial charge is 0.444 e. The van der Waals surface area contributed by atoms with Crippen molar-refractivity contribution in [3.63, 3.8) is 0 Å². The van der Waals surface area contributed by atoms with Crippen LogP contribution in [0.5, 0.6) is 0 Å². The molecule has 1 amide bonds. The van der Waals surface area contributed by atoms with Gasteiger partial charge in [-0.05, 0) is 64.2 Å². The second kappa shape index (κ2) is 7.03. The molecule has 1 saturated carbocycles. The lowest BCUT2D eigenvalue weighted by molar-refractivity contribution is 0.0505. The van der Waals surface area contributed by atoms with Crippen LogP contribution in [0.25, 0.3) is 0 Å². The van der Waals surface area contributed by atoms with Gasteiger partial charge in [-0.2, -0.15) is 0 Å². The van der Waals surface area contributed by atoms with E-state index < -0.39 is 5.60 Å². The maximum atomic E-state index is 11.8. The quantitative estimate of drug-likeness (QED) is 0.880. The van der Waals surface area contributed by atoms with Crippen molar-refractivity contribution in [2.24, 2.45) is 0 Å². The van der Waals surface area contributed by atoms with Crippen molar-refractivity contribution in [1.29, 1.82) is 0 Å². The number of carbonyl (C=O) groups is 1. The van der Waals surface area contributed by atoms with Crippen LogP contribution in [0.1, 0.15) is 52.5 Å². The fourth-order valence-electron chi connectivity index (χ4n) is 2.83. The van der Waals surface area contributed by atoms with Crippen LogP contribution in [0.2, 0.25) is 0 Å². The zero-order valence-corrected chi connectivity index (χ0v) is 14.1. The van der Waals surface area contributed by atoms with Crippen LogP contribution < -0.4 is 10.6 Å². The Balaban J connectivity index is 1.81. The van der Waals surface area contributed by atoms with Crippen LogP contribution in [-0.4, -0.2) is 23.8 Å². The zero-order chi connectivity index (χ0) is 16.2. The highest BCUT2D eigenvalue weighted by Crippen LogP contribution is 2.24. The third-order valence-corrected chi connectivity index (χ3v) is 3.86. The number of aryl methyl sites for hydroxylation is 1. The van der Waals surface area contributed by atoms with Gasteiger partial charge in [0.15, 0.2) is 0 Å². The van der Waals surface area contributed by atoms with Crippen molar-refractivity contribution < 1.29 is 9.53 Å². The molecule has 2 N–H and O–H groups in total. The van der Waals surface area contributed by atoms with Gasteiger partial charge in [0.25, 0.3) is 0 Å². The molecule has 22 heavy (non-hydrogen) atoms. The van der Waals surface area contributed by atoms with E-state index in [2.05, 4.69) is 41.8 Å². The number of carbonyl (C=O) groups excluding carboxylic acids is 1. The van der Waals surface area contributed by atoms with E-state index in [-0.39, 0.29) is 12.1 Å². The molecule has 2 atom stereocenters. The summed E-state index contributed by atoms with van der Waals surface area (Å²) < 4.78 is 5.31. The van der Waals surface area contributed by atoms with E-state index in [1.165, 1.54) is 11.3 Å². The molecular weight excluding hydrogens is 276 g/mol. The fourth-order valence-corrected chi connectivity index (χ4v) is 2.83. The molecule has 1 aromatic carbocycles. The Morgan fingerprint density at radius 1 is 1.27 bits per heavy atom. The summed E-state index contributed by atoms with van der Waals surface area (Å²) in [5, 5.41) is 6.55. The number of hydrogen-bond donors (Lipinski definition) is 2. The molecule has 0 aromatic heterocycles. The molecule has 1 aliphatic carbocycles. The second-order valence-electron chi connectivity index (χ2n) is 7.05. The van der Waals surface area contributed by atoms with E-state index in [0.717, 1.165) is 25.7 Å². The van der Waals surface area contributed by atoms with Gasteiger partial charge in [-0.3, -0.25) is 0 Å². The third-order valence-electron chi connectivity index (χ3n) is 3.86. The van der Waals surface area contributed by atoms with Crippen molar-refractivity contribution in [2.45, 2.75) is 71.1 Å². The van der Waals surface area contributed by atoms with Crippen LogP contribution in [-0.2, 0) is 11.2 Å². The summed E-state index contributed by atoms with van der Waals surface area (Å²) in [5.41, 5.74) is 2.06. The Morgan fingerprint density at radius 3 is 2.68 bits per heavy atom. The lowest BCUT2D eigenvalue weighted by Gasteiger charge is -2.22. The molecule has 122 valence electrons. The van der Waals surface area contributed by atoms with Gasteiger partial charge in [-0.25, -0.2) is 4.79 Å². The minimum Gasteiger partial charge on any atom is -0.444 e. The van der Waals surface area contributed by atoms with Crippen molar-refractivity contribution in [3.8, 4) is 0 Å². The number of benzene rings is 1. The third kappa shape index (κ3) is 5.24. The minimum absolute atomic E-state index is 0.196. The average Bonchev–Trinajstić information content (AvgIpc) is 2.83. The Bertz CT molecular complexity index is 508. The number of anilines is 1. The van der Waals surface area contributed by atoms with Gasteiger partial charge in [-0.1, -0.05) is 19.1 Å². The average molecular weight is 304 g/mol.